The molecule has 2 atom stereocenters. The number of anilines is 1. The first-order valence-electron chi connectivity index (χ1n) is 9.26. The van der Waals surface area contributed by atoms with Crippen LogP contribution >= 0.6 is 12.4 Å². The quantitative estimate of drug-likeness (QED) is 0.845. The molecular formula is C20H30ClN3O2. The summed E-state index contributed by atoms with van der Waals surface area (Å²) in [5.41, 5.74) is 2.73. The SMILES string of the molecule is Cc1cccc(NC(=O)CN(C)C(=O)[C@@]23CCCC[C@H]2CNC3)c1C.Cl. The number of likely N-dealkylation sites (N-methyl/N-ethyl adjacent to an activating group) is 1. The molecule has 1 aromatic carbocycles. The average Bonchev–Trinajstić information content (AvgIpc) is 3.03. The van der Waals surface area contributed by atoms with Gasteiger partial charge < -0.3 is 15.5 Å². The summed E-state index contributed by atoms with van der Waals surface area (Å²) in [6, 6.07) is 5.86. The van der Waals surface area contributed by atoms with Crippen molar-refractivity contribution in [1.29, 1.82) is 0 Å². The van der Waals surface area contributed by atoms with Gasteiger partial charge in [0.2, 0.25) is 11.8 Å². The summed E-state index contributed by atoms with van der Waals surface area (Å²) in [5, 5.41) is 6.35. The topological polar surface area (TPSA) is 61.4 Å². The highest BCUT2D eigenvalue weighted by molar-refractivity contribution is 5.96. The molecule has 0 unspecified atom stereocenters. The first kappa shape index (κ1) is 20.7. The number of nitrogens with zero attached hydrogens (tertiary/aromatic N) is 1. The minimum Gasteiger partial charge on any atom is -0.336 e. The molecule has 1 heterocycles. The largest absolute Gasteiger partial charge is 0.336 e. The number of carbonyl (C=O) groups is 2. The van der Waals surface area contributed by atoms with Crippen LogP contribution in [-0.2, 0) is 9.59 Å². The number of aryl methyl sites for hydroxylation is 1. The molecule has 1 aliphatic carbocycles. The number of carbonyl (C=O) groups excluding carboxylic acids is 2. The Morgan fingerprint density at radius 3 is 2.85 bits per heavy atom. The fraction of sp³-hybridized carbons (Fsp3) is 0.600. The molecule has 1 saturated carbocycles. The minimum absolute atomic E-state index is 0. The van der Waals surface area contributed by atoms with Crippen LogP contribution in [0.1, 0.15) is 36.8 Å². The molecule has 5 nitrogen and oxygen atoms in total. The van der Waals surface area contributed by atoms with Crippen LogP contribution in [0.3, 0.4) is 0 Å². The van der Waals surface area contributed by atoms with Crippen molar-refractivity contribution < 1.29 is 9.59 Å². The van der Waals surface area contributed by atoms with E-state index in [0.29, 0.717) is 5.92 Å². The maximum absolute atomic E-state index is 13.1. The molecule has 0 radical (unpaired) electrons. The molecule has 2 fully saturated rings. The predicted octanol–water partition coefficient (Wildman–Crippen LogP) is 2.90. The zero-order valence-corrected chi connectivity index (χ0v) is 16.7. The van der Waals surface area contributed by atoms with E-state index in [1.807, 2.05) is 32.0 Å². The van der Waals surface area contributed by atoms with Gasteiger partial charge in [-0.2, -0.15) is 0 Å². The van der Waals surface area contributed by atoms with Crippen LogP contribution in [0.5, 0.6) is 0 Å². The number of benzene rings is 1. The monoisotopic (exact) mass is 379 g/mol. The normalized spacial score (nSPS) is 24.3. The third-order valence-corrected chi connectivity index (χ3v) is 6.07. The van der Waals surface area contributed by atoms with Crippen LogP contribution in [0.4, 0.5) is 5.69 Å². The van der Waals surface area contributed by atoms with Crippen molar-refractivity contribution in [2.45, 2.75) is 39.5 Å². The van der Waals surface area contributed by atoms with Crippen LogP contribution in [0, 0.1) is 25.2 Å². The second-order valence-corrected chi connectivity index (χ2v) is 7.69. The van der Waals surface area contributed by atoms with E-state index < -0.39 is 0 Å². The number of nitrogens with one attached hydrogen (secondary N) is 2. The van der Waals surface area contributed by atoms with Crippen LogP contribution in [0.2, 0.25) is 0 Å². The number of hydrogen-bond donors (Lipinski definition) is 2. The van der Waals surface area contributed by atoms with Crippen LogP contribution in [-0.4, -0.2) is 43.4 Å². The van der Waals surface area contributed by atoms with E-state index in [-0.39, 0.29) is 36.2 Å². The molecule has 0 spiro atoms. The average molecular weight is 380 g/mol. The van der Waals surface area contributed by atoms with Crippen LogP contribution < -0.4 is 10.6 Å². The molecule has 144 valence electrons. The van der Waals surface area contributed by atoms with E-state index >= 15 is 0 Å². The third kappa shape index (κ3) is 3.89. The highest BCUT2D eigenvalue weighted by Gasteiger charge is 2.50. The molecule has 2 N–H and O–H groups in total. The number of fused-ring (bicyclic) bond motifs is 1. The van der Waals surface area contributed by atoms with Crippen LogP contribution in [0.15, 0.2) is 18.2 Å². The Balaban J connectivity index is 0.00000243. The predicted molar refractivity (Wildman–Crippen MR) is 107 cm³/mol. The lowest BCUT2D eigenvalue weighted by atomic mass is 9.67. The molecule has 3 rings (SSSR count). The van der Waals surface area contributed by atoms with Gasteiger partial charge in [-0.05, 0) is 56.3 Å². The second-order valence-electron chi connectivity index (χ2n) is 7.69. The van der Waals surface area contributed by atoms with Gasteiger partial charge in [0.25, 0.3) is 0 Å². The molecular weight excluding hydrogens is 350 g/mol. The summed E-state index contributed by atoms with van der Waals surface area (Å²) < 4.78 is 0. The van der Waals surface area contributed by atoms with Crippen molar-refractivity contribution >= 4 is 29.9 Å². The van der Waals surface area contributed by atoms with Crippen molar-refractivity contribution in [3.63, 3.8) is 0 Å². The van der Waals surface area contributed by atoms with E-state index in [9.17, 15) is 9.59 Å². The number of amides is 2. The summed E-state index contributed by atoms with van der Waals surface area (Å²) in [5.74, 6) is 0.399. The van der Waals surface area contributed by atoms with Gasteiger partial charge in [-0.1, -0.05) is 25.0 Å². The van der Waals surface area contributed by atoms with Crippen molar-refractivity contribution in [1.82, 2.24) is 10.2 Å². The molecule has 1 saturated heterocycles. The Bertz CT molecular complexity index is 679. The number of rotatable bonds is 4. The molecule has 0 aromatic heterocycles. The highest BCUT2D eigenvalue weighted by atomic mass is 35.5. The van der Waals surface area contributed by atoms with E-state index in [1.54, 1.807) is 11.9 Å². The summed E-state index contributed by atoms with van der Waals surface area (Å²) in [4.78, 5) is 27.2. The zero-order chi connectivity index (χ0) is 18.0. The molecule has 1 aliphatic heterocycles. The van der Waals surface area contributed by atoms with E-state index in [2.05, 4.69) is 10.6 Å². The van der Waals surface area contributed by atoms with Crippen molar-refractivity contribution in [2.75, 3.05) is 32.0 Å². The minimum atomic E-state index is -0.299. The van der Waals surface area contributed by atoms with E-state index in [4.69, 9.17) is 0 Å². The fourth-order valence-electron chi connectivity index (χ4n) is 4.41. The maximum atomic E-state index is 13.1. The zero-order valence-electron chi connectivity index (χ0n) is 15.9. The van der Waals surface area contributed by atoms with Gasteiger partial charge in [0.1, 0.15) is 0 Å². The molecule has 1 aromatic rings. The van der Waals surface area contributed by atoms with Gasteiger partial charge in [0.05, 0.1) is 12.0 Å². The van der Waals surface area contributed by atoms with Gasteiger partial charge in [0.15, 0.2) is 0 Å². The molecule has 2 amide bonds. The lowest BCUT2D eigenvalue weighted by molar-refractivity contribution is -0.145. The Morgan fingerprint density at radius 1 is 1.31 bits per heavy atom. The van der Waals surface area contributed by atoms with Crippen molar-refractivity contribution in [3.8, 4) is 0 Å². The smallest absolute Gasteiger partial charge is 0.243 e. The Labute approximate surface area is 162 Å². The first-order valence-corrected chi connectivity index (χ1v) is 9.26. The molecule has 26 heavy (non-hydrogen) atoms. The van der Waals surface area contributed by atoms with Gasteiger partial charge in [0, 0.05) is 19.3 Å². The lowest BCUT2D eigenvalue weighted by Crippen LogP contribution is -2.50. The van der Waals surface area contributed by atoms with Crippen molar-refractivity contribution in [3.05, 3.63) is 29.3 Å². The summed E-state index contributed by atoms with van der Waals surface area (Å²) in [6.45, 7) is 5.79. The van der Waals surface area contributed by atoms with E-state index in [1.165, 1.54) is 6.42 Å². The molecule has 2 aliphatic rings. The summed E-state index contributed by atoms with van der Waals surface area (Å²) in [7, 11) is 1.75. The summed E-state index contributed by atoms with van der Waals surface area (Å²) in [6.07, 6.45) is 4.36. The molecule has 6 heteroatoms. The Hall–Kier alpha value is -1.59. The second kappa shape index (κ2) is 8.40. The van der Waals surface area contributed by atoms with Crippen LogP contribution in [0.25, 0.3) is 0 Å². The van der Waals surface area contributed by atoms with Gasteiger partial charge in [-0.15, -0.1) is 12.4 Å². The maximum Gasteiger partial charge on any atom is 0.243 e. The van der Waals surface area contributed by atoms with Crippen molar-refractivity contribution in [2.24, 2.45) is 11.3 Å². The number of halogens is 1. The first-order chi connectivity index (χ1) is 11.9. The molecule has 0 bridgehead atoms. The van der Waals surface area contributed by atoms with E-state index in [0.717, 1.165) is 49.2 Å². The fourth-order valence-corrected chi connectivity index (χ4v) is 4.41. The summed E-state index contributed by atoms with van der Waals surface area (Å²) >= 11 is 0. The van der Waals surface area contributed by atoms with Gasteiger partial charge in [-0.25, -0.2) is 0 Å². The Morgan fingerprint density at radius 2 is 2.08 bits per heavy atom. The highest BCUT2D eigenvalue weighted by Crippen LogP contribution is 2.44. The third-order valence-electron chi connectivity index (χ3n) is 6.07. The number of hydrogen-bond acceptors (Lipinski definition) is 3. The standard InChI is InChI=1S/C20H29N3O2.ClH/c1-14-7-6-9-17(15(14)2)22-18(24)12-23(3)19(25)20-10-5-4-8-16(20)11-21-13-20;/h6-7,9,16,21H,4-5,8,10-13H2,1-3H3,(H,22,24);1H/t16-,20+;/m0./s1. The lowest BCUT2D eigenvalue weighted by Gasteiger charge is -2.39. The van der Waals surface area contributed by atoms with Gasteiger partial charge >= 0.3 is 0 Å². The Kier molecular flexibility index (Phi) is 6.69. The van der Waals surface area contributed by atoms with Gasteiger partial charge in [-0.3, -0.25) is 9.59 Å².